The number of aliphatic hydroxyl groups is 2. The second-order valence-electron chi connectivity index (χ2n) is 6.80. The first-order valence-corrected chi connectivity index (χ1v) is 10.0. The number of ketones is 1. The molecule has 4 rings (SSSR count). The van der Waals surface area contributed by atoms with Gasteiger partial charge in [0.2, 0.25) is 0 Å². The summed E-state index contributed by atoms with van der Waals surface area (Å²) in [4.78, 5) is 28.4. The number of nitrogens with one attached hydrogen (secondary N) is 1. The molecule has 1 aromatic heterocycles. The molecule has 3 N–H and O–H groups in total. The lowest BCUT2D eigenvalue weighted by atomic mass is 10.1. The molecule has 0 radical (unpaired) electrons. The van der Waals surface area contributed by atoms with Crippen molar-refractivity contribution in [2.24, 2.45) is 0 Å². The van der Waals surface area contributed by atoms with Gasteiger partial charge in [-0.3, -0.25) is 9.59 Å². The fraction of sp³-hybridized carbons (Fsp3) is 0.250. The van der Waals surface area contributed by atoms with Gasteiger partial charge in [0, 0.05) is 28.4 Å². The van der Waals surface area contributed by atoms with Gasteiger partial charge < -0.3 is 20.4 Å². The number of Topliss-reactive ketones (excluding diaryl/α,β-unsaturated/α-hetero) is 1. The number of carbonyl (C=O) groups is 2. The maximum Gasteiger partial charge on any atom is 0.254 e. The molecule has 0 bridgehead atoms. The third-order valence-corrected chi connectivity index (χ3v) is 6.05. The fourth-order valence-electron chi connectivity index (χ4n) is 3.34. The lowest BCUT2D eigenvalue weighted by Crippen LogP contribution is -2.34. The highest BCUT2D eigenvalue weighted by Gasteiger charge is 2.29. The van der Waals surface area contributed by atoms with E-state index in [2.05, 4.69) is 5.32 Å². The Morgan fingerprint density at radius 2 is 2.11 bits per heavy atom. The third kappa shape index (κ3) is 3.64. The highest BCUT2D eigenvalue weighted by molar-refractivity contribution is 7.80. The molecule has 0 aliphatic carbocycles. The average molecular weight is 415 g/mol. The molecule has 2 aromatic rings. The van der Waals surface area contributed by atoms with Crippen molar-refractivity contribution in [3.8, 4) is 10.4 Å². The number of nitrogens with zero attached hydrogens (tertiary/aromatic N) is 1. The van der Waals surface area contributed by atoms with Crippen LogP contribution >= 0.6 is 23.6 Å². The predicted molar refractivity (Wildman–Crippen MR) is 111 cm³/mol. The van der Waals surface area contributed by atoms with E-state index in [4.69, 9.17) is 17.3 Å². The Morgan fingerprint density at radius 3 is 2.82 bits per heavy atom. The van der Waals surface area contributed by atoms with Gasteiger partial charge in [-0.05, 0) is 41.5 Å². The van der Waals surface area contributed by atoms with Crippen LogP contribution in [-0.4, -0.2) is 51.0 Å². The average Bonchev–Trinajstić information content (AvgIpc) is 3.34. The van der Waals surface area contributed by atoms with E-state index < -0.39 is 6.10 Å². The van der Waals surface area contributed by atoms with Crippen LogP contribution in [0.25, 0.3) is 16.5 Å². The molecule has 1 atom stereocenters. The second kappa shape index (κ2) is 7.56. The molecular formula is C20H18N2O4S2. The molecule has 1 fully saturated rings. The van der Waals surface area contributed by atoms with Crippen molar-refractivity contribution in [1.82, 2.24) is 10.2 Å². The van der Waals surface area contributed by atoms with Crippen molar-refractivity contribution in [3.05, 3.63) is 52.0 Å². The molecule has 8 heteroatoms. The van der Waals surface area contributed by atoms with Crippen LogP contribution in [0.5, 0.6) is 0 Å². The second-order valence-corrected chi connectivity index (χ2v) is 8.41. The van der Waals surface area contributed by atoms with Crippen LogP contribution in [0.3, 0.4) is 0 Å². The first-order chi connectivity index (χ1) is 13.4. The molecule has 0 spiro atoms. The molecule has 1 unspecified atom stereocenters. The number of benzene rings is 1. The van der Waals surface area contributed by atoms with Gasteiger partial charge in [-0.15, -0.1) is 11.3 Å². The number of β-amino-alcohol motifs (C(OH)–C–C–N with tert-alkyl or cyclic N) is 1. The molecule has 6 nitrogen and oxygen atoms in total. The van der Waals surface area contributed by atoms with Crippen LogP contribution < -0.4 is 5.32 Å². The zero-order chi connectivity index (χ0) is 19.8. The zero-order valence-corrected chi connectivity index (χ0v) is 16.5. The van der Waals surface area contributed by atoms with E-state index in [0.29, 0.717) is 22.8 Å². The van der Waals surface area contributed by atoms with Crippen LogP contribution in [0.4, 0.5) is 0 Å². The molecule has 2 aliphatic rings. The van der Waals surface area contributed by atoms with Crippen molar-refractivity contribution in [1.29, 1.82) is 0 Å². The first kappa shape index (κ1) is 18.9. The molecular weight excluding hydrogens is 396 g/mol. The predicted octanol–water partition coefficient (Wildman–Crippen LogP) is 1.95. The summed E-state index contributed by atoms with van der Waals surface area (Å²) in [6.45, 7) is 0.150. The molecule has 144 valence electrons. The minimum absolute atomic E-state index is 0.00107. The van der Waals surface area contributed by atoms with Gasteiger partial charge in [-0.2, -0.15) is 0 Å². The van der Waals surface area contributed by atoms with Crippen LogP contribution in [0.2, 0.25) is 0 Å². The van der Waals surface area contributed by atoms with Crippen molar-refractivity contribution in [2.45, 2.75) is 19.1 Å². The number of rotatable bonds is 5. The van der Waals surface area contributed by atoms with Gasteiger partial charge in [0.15, 0.2) is 5.78 Å². The van der Waals surface area contributed by atoms with E-state index in [1.54, 1.807) is 22.3 Å². The van der Waals surface area contributed by atoms with Gasteiger partial charge in [0.05, 0.1) is 29.8 Å². The van der Waals surface area contributed by atoms with Gasteiger partial charge in [0.1, 0.15) is 0 Å². The van der Waals surface area contributed by atoms with E-state index in [1.807, 2.05) is 30.3 Å². The van der Waals surface area contributed by atoms with Crippen LogP contribution in [0.15, 0.2) is 36.0 Å². The lowest BCUT2D eigenvalue weighted by Gasteiger charge is -2.18. The zero-order valence-electron chi connectivity index (χ0n) is 14.8. The molecule has 0 saturated carbocycles. The van der Waals surface area contributed by atoms with E-state index >= 15 is 0 Å². The summed E-state index contributed by atoms with van der Waals surface area (Å²) in [6.07, 6.45) is 1.13. The van der Waals surface area contributed by atoms with Crippen molar-refractivity contribution < 1.29 is 19.8 Å². The summed E-state index contributed by atoms with van der Waals surface area (Å²) in [6, 6.07) is 9.62. The van der Waals surface area contributed by atoms with Gasteiger partial charge in [0.25, 0.3) is 5.91 Å². The molecule has 3 heterocycles. The quantitative estimate of drug-likeness (QED) is 0.512. The molecule has 28 heavy (non-hydrogen) atoms. The monoisotopic (exact) mass is 414 g/mol. The highest BCUT2D eigenvalue weighted by atomic mass is 32.1. The van der Waals surface area contributed by atoms with Gasteiger partial charge >= 0.3 is 0 Å². The van der Waals surface area contributed by atoms with Crippen molar-refractivity contribution >= 4 is 46.3 Å². The van der Waals surface area contributed by atoms with E-state index in [9.17, 15) is 14.7 Å². The van der Waals surface area contributed by atoms with Crippen LogP contribution in [-0.2, 0) is 11.3 Å². The Labute approximate surface area is 171 Å². The van der Waals surface area contributed by atoms with E-state index in [1.165, 1.54) is 0 Å². The number of thiophene rings is 1. The van der Waals surface area contributed by atoms with E-state index in [0.717, 1.165) is 20.9 Å². The van der Waals surface area contributed by atoms with Crippen LogP contribution in [0, 0.1) is 0 Å². The highest BCUT2D eigenvalue weighted by Crippen LogP contribution is 2.33. The maximum atomic E-state index is 12.4. The minimum atomic E-state index is -0.939. The van der Waals surface area contributed by atoms with Crippen molar-refractivity contribution in [2.75, 3.05) is 13.2 Å². The number of hydrogen-bond donors (Lipinski definition) is 3. The SMILES string of the molecule is O=C1CC(=S)N/C1=C/c1ccc(-c2ccc3c(c2)CN(CC(O)CO)C3=O)s1. The topological polar surface area (TPSA) is 89.9 Å². The van der Waals surface area contributed by atoms with Crippen molar-refractivity contribution in [3.63, 3.8) is 0 Å². The summed E-state index contributed by atoms with van der Waals surface area (Å²) in [7, 11) is 0. The number of carbonyl (C=O) groups excluding carboxylic acids is 2. The summed E-state index contributed by atoms with van der Waals surface area (Å²) >= 11 is 6.59. The molecule has 1 saturated heterocycles. The number of thiocarbonyl (C=S) groups is 1. The number of amides is 1. The Kier molecular flexibility index (Phi) is 5.11. The van der Waals surface area contributed by atoms with Gasteiger partial charge in [-0.25, -0.2) is 0 Å². The molecule has 1 amide bonds. The first-order valence-electron chi connectivity index (χ1n) is 8.80. The summed E-state index contributed by atoms with van der Waals surface area (Å²) in [5, 5.41) is 21.6. The Balaban J connectivity index is 1.55. The maximum absolute atomic E-state index is 12.4. The summed E-state index contributed by atoms with van der Waals surface area (Å²) in [5.74, 6) is -0.131. The molecule has 1 aromatic carbocycles. The Morgan fingerprint density at radius 1 is 1.29 bits per heavy atom. The van der Waals surface area contributed by atoms with Crippen LogP contribution in [0.1, 0.15) is 27.2 Å². The Bertz CT molecular complexity index is 1010. The van der Waals surface area contributed by atoms with Gasteiger partial charge in [-0.1, -0.05) is 18.3 Å². The normalized spacial score (nSPS) is 18.7. The minimum Gasteiger partial charge on any atom is -0.394 e. The number of allylic oxidation sites excluding steroid dienone is 1. The smallest absolute Gasteiger partial charge is 0.254 e. The fourth-order valence-corrected chi connectivity index (χ4v) is 4.53. The number of fused-ring (bicyclic) bond motifs is 1. The number of aliphatic hydroxyl groups excluding tert-OH is 2. The lowest BCUT2D eigenvalue weighted by molar-refractivity contribution is -0.114. The summed E-state index contributed by atoms with van der Waals surface area (Å²) in [5.41, 5.74) is 3.05. The summed E-state index contributed by atoms with van der Waals surface area (Å²) < 4.78 is 0. The molecule has 2 aliphatic heterocycles. The number of hydrogen-bond acceptors (Lipinski definition) is 6. The largest absolute Gasteiger partial charge is 0.394 e. The third-order valence-electron chi connectivity index (χ3n) is 4.72. The Hall–Kier alpha value is -2.39. The van der Waals surface area contributed by atoms with E-state index in [-0.39, 0.29) is 31.3 Å². The standard InChI is InChI=1S/C20H18N2O4S2/c23-10-13(24)9-22-8-12-5-11(1-3-15(12)20(22)26)18-4-2-14(28-18)6-16-17(25)7-19(27)21-16/h1-6,13,23-24H,7-10H2,(H,21,27)/b16-6+.